The van der Waals surface area contributed by atoms with Crippen molar-refractivity contribution in [3.8, 4) is 5.75 Å². The van der Waals surface area contributed by atoms with Crippen LogP contribution in [0.25, 0.3) is 11.1 Å². The summed E-state index contributed by atoms with van der Waals surface area (Å²) in [4.78, 5) is 0. The van der Waals surface area contributed by atoms with Crippen LogP contribution < -0.4 is 4.74 Å². The van der Waals surface area contributed by atoms with Gasteiger partial charge in [-0.25, -0.2) is 0 Å². The van der Waals surface area contributed by atoms with Crippen molar-refractivity contribution in [1.29, 1.82) is 0 Å². The number of hydrogen-bond acceptors (Lipinski definition) is 1. The third-order valence-corrected chi connectivity index (χ3v) is 4.33. The second-order valence-corrected chi connectivity index (χ2v) is 5.73. The van der Waals surface area contributed by atoms with E-state index in [9.17, 15) is 0 Å². The lowest BCUT2D eigenvalue weighted by Gasteiger charge is -2.31. The molecule has 0 bridgehead atoms. The van der Waals surface area contributed by atoms with Gasteiger partial charge in [-0.1, -0.05) is 78.8 Å². The zero-order valence-electron chi connectivity index (χ0n) is 14.0. The SMILES string of the molecule is [2H]c1ccc(C2Oc3ccccc3C(C)=C2c2ccccc2)cc1. The van der Waals surface area contributed by atoms with Gasteiger partial charge in [0, 0.05) is 11.1 Å². The minimum absolute atomic E-state index is 0.164. The fraction of sp³-hybridized carbons (Fsp3) is 0.0909. The molecule has 1 unspecified atom stereocenters. The summed E-state index contributed by atoms with van der Waals surface area (Å²) >= 11 is 0. The Morgan fingerprint density at radius 2 is 1.52 bits per heavy atom. The molecular weight excluding hydrogens is 280 g/mol. The fourth-order valence-electron chi connectivity index (χ4n) is 3.20. The number of allylic oxidation sites excluding steroid dienone is 1. The molecule has 0 spiro atoms. The zero-order chi connectivity index (χ0) is 16.5. The molecule has 1 heterocycles. The largest absolute Gasteiger partial charge is 0.480 e. The van der Waals surface area contributed by atoms with Crippen LogP contribution in [0.4, 0.5) is 0 Å². The Hall–Kier alpha value is -2.80. The van der Waals surface area contributed by atoms with E-state index in [0.29, 0.717) is 6.04 Å². The molecular formula is C22H18O. The third kappa shape index (κ3) is 2.44. The molecule has 112 valence electrons. The average molecular weight is 299 g/mol. The Balaban J connectivity index is 1.92. The quantitative estimate of drug-likeness (QED) is 0.585. The number of ether oxygens (including phenoxy) is 1. The first kappa shape index (κ1) is 12.7. The molecule has 1 heteroatoms. The van der Waals surface area contributed by atoms with Gasteiger partial charge in [0.2, 0.25) is 0 Å². The highest BCUT2D eigenvalue weighted by Gasteiger charge is 2.28. The van der Waals surface area contributed by atoms with Crippen molar-refractivity contribution in [3.05, 3.63) is 102 Å². The van der Waals surface area contributed by atoms with Gasteiger partial charge in [-0.15, -0.1) is 0 Å². The summed E-state index contributed by atoms with van der Waals surface area (Å²) in [5.74, 6) is 0.912. The molecule has 3 aromatic rings. The lowest BCUT2D eigenvalue weighted by Crippen LogP contribution is -2.16. The van der Waals surface area contributed by atoms with Gasteiger partial charge in [0.15, 0.2) is 0 Å². The highest BCUT2D eigenvalue weighted by molar-refractivity contribution is 5.95. The van der Waals surface area contributed by atoms with E-state index < -0.39 is 0 Å². The van der Waals surface area contributed by atoms with Crippen molar-refractivity contribution in [2.45, 2.75) is 13.0 Å². The maximum atomic E-state index is 7.72. The van der Waals surface area contributed by atoms with E-state index in [2.05, 4.69) is 37.3 Å². The molecule has 1 aliphatic heterocycles. The Morgan fingerprint density at radius 1 is 0.826 bits per heavy atom. The maximum absolute atomic E-state index is 7.72. The van der Waals surface area contributed by atoms with Gasteiger partial charge in [0.25, 0.3) is 0 Å². The summed E-state index contributed by atoms with van der Waals surface area (Å²) < 4.78 is 14.1. The molecule has 0 aromatic heterocycles. The number of benzene rings is 3. The molecule has 0 saturated heterocycles. The van der Waals surface area contributed by atoms with Crippen LogP contribution in [0, 0.1) is 0 Å². The summed E-state index contributed by atoms with van der Waals surface area (Å²) in [5, 5.41) is 0. The predicted octanol–water partition coefficient (Wildman–Crippen LogP) is 5.75. The normalized spacial score (nSPS) is 17.3. The molecule has 1 aliphatic rings. The van der Waals surface area contributed by atoms with E-state index in [1.807, 2.05) is 48.5 Å². The van der Waals surface area contributed by atoms with Crippen LogP contribution in [0.5, 0.6) is 5.75 Å². The van der Waals surface area contributed by atoms with Gasteiger partial charge >= 0.3 is 0 Å². The first-order valence-electron chi connectivity index (χ1n) is 8.33. The number of para-hydroxylation sites is 1. The molecule has 1 atom stereocenters. The van der Waals surface area contributed by atoms with Crippen molar-refractivity contribution in [2.24, 2.45) is 0 Å². The summed E-state index contributed by atoms with van der Waals surface area (Å²) in [7, 11) is 0. The van der Waals surface area contributed by atoms with Gasteiger partial charge in [0.1, 0.15) is 11.9 Å². The second-order valence-electron chi connectivity index (χ2n) is 5.73. The Bertz CT molecular complexity index is 895. The van der Waals surface area contributed by atoms with Crippen LogP contribution in [0.15, 0.2) is 84.9 Å². The summed E-state index contributed by atoms with van der Waals surface area (Å²) in [5.41, 5.74) is 5.81. The van der Waals surface area contributed by atoms with Crippen LogP contribution in [0.2, 0.25) is 0 Å². The maximum Gasteiger partial charge on any atom is 0.150 e. The molecule has 0 amide bonds. The van der Waals surface area contributed by atoms with Crippen LogP contribution >= 0.6 is 0 Å². The molecule has 0 radical (unpaired) electrons. The first-order chi connectivity index (χ1) is 11.7. The van der Waals surface area contributed by atoms with E-state index in [-0.39, 0.29) is 6.10 Å². The van der Waals surface area contributed by atoms with E-state index in [1.54, 1.807) is 0 Å². The molecule has 0 N–H and O–H groups in total. The van der Waals surface area contributed by atoms with Gasteiger partial charge < -0.3 is 4.74 Å². The van der Waals surface area contributed by atoms with Gasteiger partial charge in [-0.2, -0.15) is 0 Å². The highest BCUT2D eigenvalue weighted by atomic mass is 16.5. The van der Waals surface area contributed by atoms with Gasteiger partial charge in [-0.3, -0.25) is 0 Å². The van der Waals surface area contributed by atoms with Crippen LogP contribution in [-0.2, 0) is 0 Å². The van der Waals surface area contributed by atoms with Crippen molar-refractivity contribution in [1.82, 2.24) is 0 Å². The van der Waals surface area contributed by atoms with Crippen molar-refractivity contribution < 1.29 is 6.11 Å². The lowest BCUT2D eigenvalue weighted by atomic mass is 9.86. The Labute approximate surface area is 138 Å². The molecule has 3 aromatic carbocycles. The van der Waals surface area contributed by atoms with Gasteiger partial charge in [-0.05, 0) is 29.7 Å². The molecule has 23 heavy (non-hydrogen) atoms. The number of rotatable bonds is 2. The number of hydrogen-bond donors (Lipinski definition) is 0. The molecule has 0 saturated carbocycles. The summed E-state index contributed by atoms with van der Waals surface area (Å²) in [6.07, 6.45) is -0.164. The Kier molecular flexibility index (Phi) is 3.19. The minimum Gasteiger partial charge on any atom is -0.480 e. The standard InChI is InChI=1S/C22H18O/c1-16-19-14-8-9-15-20(19)23-22(18-12-6-3-7-13-18)21(16)17-10-4-2-5-11-17/h2-15,22H,1H3/i3D. The Morgan fingerprint density at radius 3 is 2.30 bits per heavy atom. The van der Waals surface area contributed by atoms with Crippen LogP contribution in [0.3, 0.4) is 0 Å². The fourth-order valence-corrected chi connectivity index (χ4v) is 3.20. The summed E-state index contributed by atoms with van der Waals surface area (Å²) in [6, 6.07) is 26.7. The molecule has 0 fully saturated rings. The van der Waals surface area contributed by atoms with Crippen LogP contribution in [0.1, 0.15) is 31.1 Å². The lowest BCUT2D eigenvalue weighted by molar-refractivity contribution is 0.260. The van der Waals surface area contributed by atoms with Crippen molar-refractivity contribution in [3.63, 3.8) is 0 Å². The van der Waals surface area contributed by atoms with Crippen molar-refractivity contribution >= 4 is 11.1 Å². The van der Waals surface area contributed by atoms with Gasteiger partial charge in [0.05, 0.1) is 1.37 Å². The molecule has 4 rings (SSSR count). The smallest absolute Gasteiger partial charge is 0.150 e. The summed E-state index contributed by atoms with van der Waals surface area (Å²) in [6.45, 7) is 2.16. The second kappa shape index (κ2) is 5.77. The first-order valence-corrected chi connectivity index (χ1v) is 7.83. The van der Waals surface area contributed by atoms with E-state index in [0.717, 1.165) is 16.9 Å². The topological polar surface area (TPSA) is 9.23 Å². The molecule has 0 aliphatic carbocycles. The van der Waals surface area contributed by atoms with Crippen LogP contribution in [-0.4, -0.2) is 0 Å². The average Bonchev–Trinajstić information content (AvgIpc) is 2.63. The third-order valence-electron chi connectivity index (χ3n) is 4.33. The van der Waals surface area contributed by atoms with E-state index in [1.165, 1.54) is 16.7 Å². The predicted molar refractivity (Wildman–Crippen MR) is 95.2 cm³/mol. The minimum atomic E-state index is -0.164. The zero-order valence-corrected chi connectivity index (χ0v) is 13.0. The van der Waals surface area contributed by atoms with E-state index >= 15 is 0 Å². The highest BCUT2D eigenvalue weighted by Crippen LogP contribution is 2.46. The number of fused-ring (bicyclic) bond motifs is 1. The molecule has 1 nitrogen and oxygen atoms in total. The monoisotopic (exact) mass is 299 g/mol. The van der Waals surface area contributed by atoms with Crippen molar-refractivity contribution in [2.75, 3.05) is 0 Å². The van der Waals surface area contributed by atoms with E-state index in [4.69, 9.17) is 6.11 Å².